The summed E-state index contributed by atoms with van der Waals surface area (Å²) in [6.07, 6.45) is 7.00. The Balaban J connectivity index is 0.000000354. The first-order chi connectivity index (χ1) is 21.5. The van der Waals surface area contributed by atoms with E-state index < -0.39 is 21.9 Å². The largest absolute Gasteiger partial charge is 0.487 e. The minimum absolute atomic E-state index is 0.0666. The van der Waals surface area contributed by atoms with E-state index in [4.69, 9.17) is 13.7 Å². The molecule has 0 atom stereocenters. The molecule has 3 aromatic carbocycles. The van der Waals surface area contributed by atoms with Gasteiger partial charge in [-0.1, -0.05) is 47.2 Å². The molecule has 0 amide bonds. The summed E-state index contributed by atoms with van der Waals surface area (Å²) in [6.45, 7) is 2.95. The van der Waals surface area contributed by atoms with Gasteiger partial charge >= 0.3 is 6.18 Å². The fraction of sp³-hybridized carbons (Fsp3) is 0.219. The molecule has 0 aliphatic rings. The van der Waals surface area contributed by atoms with Gasteiger partial charge in [0.25, 0.3) is 10.1 Å². The minimum atomic E-state index is -4.35. The van der Waals surface area contributed by atoms with Gasteiger partial charge in [0, 0.05) is 18.8 Å². The van der Waals surface area contributed by atoms with Crippen LogP contribution >= 0.6 is 0 Å². The number of ether oxygens (including phenoxy) is 1. The molecule has 0 radical (unpaired) electrons. The first-order valence-corrected chi connectivity index (χ1v) is 15.3. The van der Waals surface area contributed by atoms with Crippen molar-refractivity contribution in [2.45, 2.75) is 50.4 Å². The highest BCUT2D eigenvalue weighted by Gasteiger charge is 2.29. The molecule has 0 spiro atoms. The summed E-state index contributed by atoms with van der Waals surface area (Å²) in [5, 5.41) is 7.75. The number of oxazole rings is 1. The monoisotopic (exact) mass is 640 g/mol. The molecule has 0 aliphatic heterocycles. The highest BCUT2D eigenvalue weighted by molar-refractivity contribution is 7.85. The van der Waals surface area contributed by atoms with Crippen molar-refractivity contribution in [3.8, 4) is 5.75 Å². The van der Waals surface area contributed by atoms with Crippen LogP contribution in [0.15, 0.2) is 101 Å². The highest BCUT2D eigenvalue weighted by Crippen LogP contribution is 2.29. The van der Waals surface area contributed by atoms with Gasteiger partial charge in [0.05, 0.1) is 16.7 Å². The third-order valence-corrected chi connectivity index (χ3v) is 7.30. The van der Waals surface area contributed by atoms with Crippen molar-refractivity contribution in [2.24, 2.45) is 0 Å². The Kier molecular flexibility index (Phi) is 11.3. The van der Waals surface area contributed by atoms with E-state index in [0.29, 0.717) is 17.1 Å². The Labute approximate surface area is 258 Å². The van der Waals surface area contributed by atoms with Crippen molar-refractivity contribution in [1.82, 2.24) is 20.0 Å². The second-order valence-corrected chi connectivity index (χ2v) is 11.4. The first kappa shape index (κ1) is 33.1. The topological polar surface area (TPSA) is 120 Å². The minimum Gasteiger partial charge on any atom is -0.487 e. The standard InChI is InChI=1S/C25H23F3N4O2.C7H8O3S/c26-25(27,28)21-9-4-20(5-10-21)8-13-24-30-22(18-34-24)17-33-23-11-6-19(7-12-23)3-1-2-15-32-16-14-29-31-32;1-6-2-4-7(5-3-6)11(8,9)10/h4-14,16,18H,1-3,15,17H2;2-5H,1H3,(H,8,9,10). The van der Waals surface area contributed by atoms with Crippen LogP contribution in [0.3, 0.4) is 0 Å². The van der Waals surface area contributed by atoms with Crippen molar-refractivity contribution in [1.29, 1.82) is 0 Å². The molecule has 0 unspecified atom stereocenters. The summed E-state index contributed by atoms with van der Waals surface area (Å²) in [5.41, 5.74) is 2.74. The second kappa shape index (κ2) is 15.3. The third kappa shape index (κ3) is 11.0. The molecule has 0 aliphatic carbocycles. The molecule has 45 heavy (non-hydrogen) atoms. The van der Waals surface area contributed by atoms with Crippen molar-refractivity contribution >= 4 is 22.3 Å². The first-order valence-electron chi connectivity index (χ1n) is 13.9. The normalized spacial score (nSPS) is 11.8. The molecule has 0 bridgehead atoms. The molecule has 13 heteroatoms. The maximum Gasteiger partial charge on any atom is 0.416 e. The molecule has 0 fully saturated rings. The third-order valence-electron chi connectivity index (χ3n) is 6.43. The lowest BCUT2D eigenvalue weighted by Gasteiger charge is -2.06. The predicted octanol–water partition coefficient (Wildman–Crippen LogP) is 7.30. The zero-order valence-electron chi connectivity index (χ0n) is 24.3. The second-order valence-electron chi connectivity index (χ2n) is 9.97. The van der Waals surface area contributed by atoms with Crippen LogP contribution in [0.1, 0.15) is 46.7 Å². The summed E-state index contributed by atoms with van der Waals surface area (Å²) < 4.78 is 80.4. The fourth-order valence-corrected chi connectivity index (χ4v) is 4.47. The molecule has 2 heterocycles. The van der Waals surface area contributed by atoms with Gasteiger partial charge in [0.15, 0.2) is 0 Å². The Morgan fingerprint density at radius 3 is 2.29 bits per heavy atom. The van der Waals surface area contributed by atoms with Gasteiger partial charge < -0.3 is 9.15 Å². The molecule has 236 valence electrons. The molecule has 9 nitrogen and oxygen atoms in total. The van der Waals surface area contributed by atoms with E-state index in [1.165, 1.54) is 36.1 Å². The number of aryl methyl sites for hydroxylation is 3. The van der Waals surface area contributed by atoms with Crippen LogP contribution in [-0.4, -0.2) is 32.9 Å². The van der Waals surface area contributed by atoms with E-state index in [-0.39, 0.29) is 11.5 Å². The molecule has 0 saturated heterocycles. The molecule has 1 N–H and O–H groups in total. The Bertz CT molecular complexity index is 1750. The maximum atomic E-state index is 12.6. The van der Waals surface area contributed by atoms with E-state index in [1.807, 2.05) is 42.1 Å². The Hall–Kier alpha value is -4.75. The average Bonchev–Trinajstić information content (AvgIpc) is 3.70. The van der Waals surface area contributed by atoms with Crippen LogP contribution in [0.25, 0.3) is 12.2 Å². The lowest BCUT2D eigenvalue weighted by Crippen LogP contribution is -2.03. The van der Waals surface area contributed by atoms with Crippen molar-refractivity contribution in [3.05, 3.63) is 125 Å². The van der Waals surface area contributed by atoms with Gasteiger partial charge in [-0.25, -0.2) is 4.98 Å². The predicted molar refractivity (Wildman–Crippen MR) is 162 cm³/mol. The molecule has 5 aromatic rings. The molecule has 2 aromatic heterocycles. The summed E-state index contributed by atoms with van der Waals surface area (Å²) in [7, 11) is -4.02. The lowest BCUT2D eigenvalue weighted by molar-refractivity contribution is -0.137. The van der Waals surface area contributed by atoms with Gasteiger partial charge in [-0.05, 0) is 79.8 Å². The van der Waals surface area contributed by atoms with Crippen LogP contribution in [0, 0.1) is 6.92 Å². The number of nitrogens with zero attached hydrogens (tertiary/aromatic N) is 4. The van der Waals surface area contributed by atoms with E-state index in [9.17, 15) is 21.6 Å². The summed E-state index contributed by atoms with van der Waals surface area (Å²) in [5.74, 6) is 1.08. The summed E-state index contributed by atoms with van der Waals surface area (Å²) in [6, 6.07) is 18.8. The number of hydrogen-bond donors (Lipinski definition) is 1. The van der Waals surface area contributed by atoms with E-state index in [2.05, 4.69) is 15.3 Å². The zero-order chi connectivity index (χ0) is 32.3. The molecule has 5 rings (SSSR count). The number of benzene rings is 3. The van der Waals surface area contributed by atoms with Gasteiger partial charge in [-0.15, -0.1) is 5.10 Å². The maximum absolute atomic E-state index is 12.6. The molecular weight excluding hydrogens is 609 g/mol. The highest BCUT2D eigenvalue weighted by atomic mass is 32.2. The van der Waals surface area contributed by atoms with Gasteiger partial charge in [0.2, 0.25) is 5.89 Å². The van der Waals surface area contributed by atoms with E-state index >= 15 is 0 Å². The number of aromatic nitrogens is 4. The van der Waals surface area contributed by atoms with Crippen LogP contribution < -0.4 is 4.74 Å². The fourth-order valence-electron chi connectivity index (χ4n) is 3.99. The van der Waals surface area contributed by atoms with Crippen molar-refractivity contribution < 1.29 is 35.3 Å². The van der Waals surface area contributed by atoms with Gasteiger partial charge in [0.1, 0.15) is 24.3 Å². The summed E-state index contributed by atoms with van der Waals surface area (Å²) in [4.78, 5) is 4.25. The molecule has 0 saturated carbocycles. The van der Waals surface area contributed by atoms with E-state index in [1.54, 1.807) is 30.5 Å². The van der Waals surface area contributed by atoms with Crippen LogP contribution in [0.5, 0.6) is 5.75 Å². The number of hydrogen-bond acceptors (Lipinski definition) is 7. The van der Waals surface area contributed by atoms with Crippen LogP contribution in [-0.2, 0) is 35.9 Å². The number of unbranched alkanes of at least 4 members (excludes halogenated alkanes) is 1. The van der Waals surface area contributed by atoms with Crippen molar-refractivity contribution in [2.75, 3.05) is 0 Å². The number of rotatable bonds is 11. The quantitative estimate of drug-likeness (QED) is 0.118. The number of alkyl halides is 3. The smallest absolute Gasteiger partial charge is 0.416 e. The SMILES string of the molecule is Cc1ccc(S(=O)(=O)O)cc1.FC(F)(F)c1ccc(C=Cc2nc(COc3ccc(CCCCn4ccnn4)cc3)co2)cc1. The summed E-state index contributed by atoms with van der Waals surface area (Å²) >= 11 is 0. The molecular formula is C32H31F3N4O5S. The zero-order valence-corrected chi connectivity index (χ0v) is 25.1. The van der Waals surface area contributed by atoms with Crippen LogP contribution in [0.4, 0.5) is 13.2 Å². The Morgan fingerprint density at radius 2 is 1.67 bits per heavy atom. The van der Waals surface area contributed by atoms with Crippen molar-refractivity contribution in [3.63, 3.8) is 0 Å². The van der Waals surface area contributed by atoms with Gasteiger partial charge in [-0.2, -0.15) is 21.6 Å². The Morgan fingerprint density at radius 1 is 0.956 bits per heavy atom. The average molecular weight is 641 g/mol. The lowest BCUT2D eigenvalue weighted by atomic mass is 10.1. The number of halogens is 3. The van der Waals surface area contributed by atoms with Gasteiger partial charge in [-0.3, -0.25) is 9.23 Å². The van der Waals surface area contributed by atoms with E-state index in [0.717, 1.165) is 49.3 Å². The van der Waals surface area contributed by atoms with Crippen LogP contribution in [0.2, 0.25) is 0 Å².